The van der Waals surface area contributed by atoms with Crippen LogP contribution >= 0.6 is 0 Å². The lowest BCUT2D eigenvalue weighted by molar-refractivity contribution is -0.220. The number of para-hydroxylation sites is 2. The molecule has 0 fully saturated rings. The molecule has 0 radical (unpaired) electrons. The van der Waals surface area contributed by atoms with E-state index in [2.05, 4.69) is 27.1 Å². The van der Waals surface area contributed by atoms with Crippen molar-refractivity contribution >= 4 is 29.0 Å². The van der Waals surface area contributed by atoms with Gasteiger partial charge in [-0.1, -0.05) is 30.3 Å². The maximum Gasteiger partial charge on any atom is 0.421 e. The maximum absolute atomic E-state index is 15.3. The number of oxazole rings is 1. The maximum atomic E-state index is 15.3. The number of hydrogen-bond acceptors (Lipinski definition) is 6. The highest BCUT2D eigenvalue weighted by Gasteiger charge is 2.67. The molecule has 0 aliphatic heterocycles. The third-order valence-corrected chi connectivity index (χ3v) is 4.41. The fraction of sp³-hybridized carbons (Fsp3) is 0.150. The van der Waals surface area contributed by atoms with Gasteiger partial charge in [0.2, 0.25) is 5.54 Å². The largest absolute Gasteiger partial charge is 0.424 e. The zero-order valence-corrected chi connectivity index (χ0v) is 15.7. The van der Waals surface area contributed by atoms with E-state index >= 15 is 8.78 Å². The minimum absolute atomic E-state index is 0.181. The highest BCUT2D eigenvalue weighted by atomic mass is 19.3. The number of nitrogens with one attached hydrogen (secondary N) is 2. The molecular weight excluding hydrogens is 422 g/mol. The number of fused-ring (bicyclic) bond motifs is 1. The summed E-state index contributed by atoms with van der Waals surface area (Å²) < 4.78 is 62.1. The first-order valence-electron chi connectivity index (χ1n) is 8.76. The smallest absolute Gasteiger partial charge is 0.421 e. The summed E-state index contributed by atoms with van der Waals surface area (Å²) in [4.78, 5) is 31.5. The van der Waals surface area contributed by atoms with E-state index in [9.17, 15) is 18.5 Å². The van der Waals surface area contributed by atoms with E-state index < -0.39 is 40.7 Å². The normalized spacial score (nSPS) is 13.3. The quantitative estimate of drug-likeness (QED) is 0.413. The molecule has 11 heteroatoms. The molecule has 2 N–H and O–H groups in total. The molecule has 0 saturated carbocycles. The first-order chi connectivity index (χ1) is 14.8. The van der Waals surface area contributed by atoms with E-state index in [4.69, 9.17) is 4.42 Å². The van der Waals surface area contributed by atoms with E-state index in [0.29, 0.717) is 0 Å². The third kappa shape index (κ3) is 3.81. The fourth-order valence-electron chi connectivity index (χ4n) is 2.95. The molecule has 1 heterocycles. The molecule has 1 unspecified atom stereocenters. The molecule has 3 aromatic rings. The SMILES string of the molecule is C=CCNC(=O)C(Nc1nc2ccccc2o1)(c1ccc(F)cc1)C(F)(F)C(=O)OF. The van der Waals surface area contributed by atoms with Gasteiger partial charge in [0, 0.05) is 11.1 Å². The highest BCUT2D eigenvalue weighted by Crippen LogP contribution is 2.42. The molecule has 1 amide bonds. The summed E-state index contributed by atoms with van der Waals surface area (Å²) in [7, 11) is 0. The lowest BCUT2D eigenvalue weighted by Crippen LogP contribution is -2.64. The van der Waals surface area contributed by atoms with Gasteiger partial charge in [0.25, 0.3) is 11.9 Å². The molecule has 7 nitrogen and oxygen atoms in total. The summed E-state index contributed by atoms with van der Waals surface area (Å²) in [5.74, 6) is -9.78. The average molecular weight is 437 g/mol. The summed E-state index contributed by atoms with van der Waals surface area (Å²) in [6.45, 7) is 3.09. The Kier molecular flexibility index (Phi) is 5.95. The van der Waals surface area contributed by atoms with E-state index in [-0.39, 0.29) is 17.6 Å². The summed E-state index contributed by atoms with van der Waals surface area (Å²) in [6, 6.07) is 8.85. The van der Waals surface area contributed by atoms with Crippen LogP contribution in [0.1, 0.15) is 5.56 Å². The molecule has 0 aliphatic rings. The van der Waals surface area contributed by atoms with Crippen LogP contribution in [-0.4, -0.2) is 29.3 Å². The van der Waals surface area contributed by atoms with Gasteiger partial charge in [-0.2, -0.15) is 13.8 Å². The number of halogens is 4. The first kappa shape index (κ1) is 21.8. The number of carbonyl (C=O) groups is 2. The summed E-state index contributed by atoms with van der Waals surface area (Å²) >= 11 is 0. The van der Waals surface area contributed by atoms with Crippen LogP contribution in [0.4, 0.5) is 23.7 Å². The van der Waals surface area contributed by atoms with Crippen molar-refractivity contribution in [2.24, 2.45) is 0 Å². The standard InChI is InChI=1S/C20H15F4N3O4/c1-2-11-25-16(28)19(20(22,23)17(29)31-24,12-7-9-13(21)10-8-12)27-18-26-14-5-3-4-6-15(14)30-18/h2-10H,1,11H2,(H,25,28)(H,26,27). The van der Waals surface area contributed by atoms with Gasteiger partial charge in [-0.3, -0.25) is 4.79 Å². The second-order valence-electron chi connectivity index (χ2n) is 6.31. The monoisotopic (exact) mass is 437 g/mol. The van der Waals surface area contributed by atoms with Gasteiger partial charge >= 0.3 is 11.9 Å². The lowest BCUT2D eigenvalue weighted by Gasteiger charge is -2.37. The molecule has 0 spiro atoms. The van der Waals surface area contributed by atoms with Crippen LogP contribution in [0.15, 0.2) is 65.6 Å². The Labute approximate surface area is 172 Å². The zero-order chi connectivity index (χ0) is 22.6. The van der Waals surface area contributed by atoms with Crippen molar-refractivity contribution in [1.82, 2.24) is 10.3 Å². The van der Waals surface area contributed by atoms with Gasteiger partial charge in [-0.05, 0) is 29.8 Å². The Morgan fingerprint density at radius 2 is 1.84 bits per heavy atom. The minimum atomic E-state index is -4.84. The Morgan fingerprint density at radius 3 is 2.45 bits per heavy atom. The number of benzene rings is 2. The molecule has 0 aliphatic carbocycles. The highest BCUT2D eigenvalue weighted by molar-refractivity contribution is 5.98. The van der Waals surface area contributed by atoms with Crippen LogP contribution in [0.25, 0.3) is 11.1 Å². The van der Waals surface area contributed by atoms with Crippen molar-refractivity contribution in [3.8, 4) is 0 Å². The molecule has 2 aromatic carbocycles. The Bertz CT molecular complexity index is 1080. The van der Waals surface area contributed by atoms with Gasteiger partial charge in [0.05, 0.1) is 0 Å². The Hall–Kier alpha value is -3.89. The van der Waals surface area contributed by atoms with Crippen LogP contribution in [0.5, 0.6) is 0 Å². The van der Waals surface area contributed by atoms with Crippen molar-refractivity contribution < 1.29 is 36.6 Å². The number of aromatic nitrogens is 1. The Balaban J connectivity index is 2.26. The Morgan fingerprint density at radius 1 is 1.16 bits per heavy atom. The topological polar surface area (TPSA) is 93.5 Å². The second-order valence-corrected chi connectivity index (χ2v) is 6.31. The van der Waals surface area contributed by atoms with Crippen molar-refractivity contribution in [3.05, 3.63) is 72.6 Å². The van der Waals surface area contributed by atoms with Gasteiger partial charge in [0.1, 0.15) is 11.3 Å². The van der Waals surface area contributed by atoms with Gasteiger partial charge in [-0.25, -0.2) is 14.1 Å². The van der Waals surface area contributed by atoms with Crippen molar-refractivity contribution in [1.29, 1.82) is 0 Å². The number of hydrogen-bond donors (Lipinski definition) is 2. The van der Waals surface area contributed by atoms with E-state index in [1.807, 2.05) is 0 Å². The number of amides is 1. The minimum Gasteiger partial charge on any atom is -0.424 e. The predicted octanol–water partition coefficient (Wildman–Crippen LogP) is 3.64. The van der Waals surface area contributed by atoms with Crippen molar-refractivity contribution in [3.63, 3.8) is 0 Å². The van der Waals surface area contributed by atoms with Crippen LogP contribution in [0, 0.1) is 5.82 Å². The second kappa shape index (κ2) is 8.46. The molecule has 162 valence electrons. The fourth-order valence-corrected chi connectivity index (χ4v) is 2.95. The first-order valence-corrected chi connectivity index (χ1v) is 8.76. The molecule has 1 atom stereocenters. The third-order valence-electron chi connectivity index (χ3n) is 4.41. The van der Waals surface area contributed by atoms with Crippen LogP contribution in [-0.2, 0) is 20.1 Å². The van der Waals surface area contributed by atoms with Gasteiger partial charge in [0.15, 0.2) is 5.58 Å². The van der Waals surface area contributed by atoms with E-state index in [0.717, 1.165) is 24.3 Å². The van der Waals surface area contributed by atoms with Crippen molar-refractivity contribution in [2.75, 3.05) is 11.9 Å². The molecule has 3 rings (SSSR count). The molecule has 1 aromatic heterocycles. The number of carbonyl (C=O) groups excluding carboxylic acids is 2. The van der Waals surface area contributed by atoms with E-state index in [1.54, 1.807) is 12.1 Å². The van der Waals surface area contributed by atoms with Gasteiger partial charge < -0.3 is 15.1 Å². The number of anilines is 1. The van der Waals surface area contributed by atoms with Gasteiger partial charge in [-0.15, -0.1) is 6.58 Å². The predicted molar refractivity (Wildman–Crippen MR) is 101 cm³/mol. The average Bonchev–Trinajstić information content (AvgIpc) is 3.18. The van der Waals surface area contributed by atoms with Crippen LogP contribution in [0.2, 0.25) is 0 Å². The summed E-state index contributed by atoms with van der Waals surface area (Å²) in [6.07, 6.45) is 1.19. The zero-order valence-electron chi connectivity index (χ0n) is 15.7. The van der Waals surface area contributed by atoms with E-state index in [1.165, 1.54) is 18.2 Å². The molecule has 0 bridgehead atoms. The number of alkyl halides is 2. The number of rotatable bonds is 8. The summed E-state index contributed by atoms with van der Waals surface area (Å²) in [5, 5.41) is 4.25. The molecular formula is C20H15F4N3O4. The van der Waals surface area contributed by atoms with Crippen LogP contribution in [0.3, 0.4) is 0 Å². The van der Waals surface area contributed by atoms with Crippen molar-refractivity contribution in [2.45, 2.75) is 11.5 Å². The lowest BCUT2D eigenvalue weighted by atomic mass is 9.82. The van der Waals surface area contributed by atoms with Crippen LogP contribution < -0.4 is 10.6 Å². The molecule has 31 heavy (non-hydrogen) atoms. The summed E-state index contributed by atoms with van der Waals surface area (Å²) in [5.41, 5.74) is -3.48. The number of nitrogens with zero attached hydrogens (tertiary/aromatic N) is 1. The molecule has 0 saturated heterocycles.